The summed E-state index contributed by atoms with van der Waals surface area (Å²) in [6.45, 7) is 6.86. The molecule has 2 aromatic heterocycles. The molecule has 1 saturated heterocycles. The van der Waals surface area contributed by atoms with Crippen molar-refractivity contribution >= 4 is 11.9 Å². The fourth-order valence-corrected chi connectivity index (χ4v) is 3.07. The summed E-state index contributed by atoms with van der Waals surface area (Å²) in [7, 11) is 0. The molecule has 0 saturated carbocycles. The van der Waals surface area contributed by atoms with Gasteiger partial charge in [0.25, 0.3) is 0 Å². The van der Waals surface area contributed by atoms with E-state index in [4.69, 9.17) is 0 Å². The van der Waals surface area contributed by atoms with Crippen LogP contribution in [0.2, 0.25) is 0 Å². The quantitative estimate of drug-likeness (QED) is 0.801. The van der Waals surface area contributed by atoms with Gasteiger partial charge in [0.2, 0.25) is 0 Å². The normalized spacial score (nSPS) is 20.1. The van der Waals surface area contributed by atoms with Gasteiger partial charge in [0.05, 0.1) is 11.4 Å². The molecule has 0 bridgehead atoms. The highest BCUT2D eigenvalue weighted by atomic mass is 16.1. The smallest absolute Gasteiger partial charge is 0.166 e. The Morgan fingerprint density at radius 1 is 1.45 bits per heavy atom. The second kappa shape index (κ2) is 5.37. The average molecular weight is 271 g/mol. The zero-order valence-electron chi connectivity index (χ0n) is 12.1. The van der Waals surface area contributed by atoms with Gasteiger partial charge >= 0.3 is 0 Å². The van der Waals surface area contributed by atoms with Crippen molar-refractivity contribution in [3.05, 3.63) is 35.8 Å². The maximum atomic E-state index is 11.0. The van der Waals surface area contributed by atoms with Crippen molar-refractivity contribution in [1.82, 2.24) is 14.3 Å². The molecule has 1 unspecified atom stereocenters. The number of hydrogen-bond acceptors (Lipinski definition) is 3. The van der Waals surface area contributed by atoms with Gasteiger partial charge in [0, 0.05) is 18.8 Å². The van der Waals surface area contributed by atoms with Crippen LogP contribution in [0.4, 0.5) is 0 Å². The molecule has 1 aliphatic rings. The zero-order chi connectivity index (χ0) is 14.1. The molecule has 0 radical (unpaired) electrons. The van der Waals surface area contributed by atoms with Gasteiger partial charge in [-0.25, -0.2) is 4.98 Å². The fourth-order valence-electron chi connectivity index (χ4n) is 3.07. The Morgan fingerprint density at radius 2 is 2.30 bits per heavy atom. The lowest BCUT2D eigenvalue weighted by Gasteiger charge is -2.19. The summed E-state index contributed by atoms with van der Waals surface area (Å²) >= 11 is 0. The van der Waals surface area contributed by atoms with Gasteiger partial charge in [0.15, 0.2) is 6.29 Å². The molecule has 20 heavy (non-hydrogen) atoms. The van der Waals surface area contributed by atoms with E-state index in [1.54, 1.807) is 0 Å². The van der Waals surface area contributed by atoms with E-state index in [-0.39, 0.29) is 0 Å². The van der Waals surface area contributed by atoms with Gasteiger partial charge in [-0.05, 0) is 51.3 Å². The largest absolute Gasteiger partial charge is 0.301 e. The number of carbonyl (C=O) groups excluding carboxylic acids is 1. The molecule has 1 fully saturated rings. The van der Waals surface area contributed by atoms with Crippen LogP contribution >= 0.6 is 0 Å². The lowest BCUT2D eigenvalue weighted by molar-refractivity contribution is 0.111. The van der Waals surface area contributed by atoms with Crippen molar-refractivity contribution < 1.29 is 4.79 Å². The first-order valence-corrected chi connectivity index (χ1v) is 7.33. The molecule has 4 nitrogen and oxygen atoms in total. The van der Waals surface area contributed by atoms with E-state index in [1.165, 1.54) is 13.0 Å². The van der Waals surface area contributed by atoms with Crippen molar-refractivity contribution in [3.63, 3.8) is 0 Å². The van der Waals surface area contributed by atoms with Crippen LogP contribution in [0.5, 0.6) is 0 Å². The number of imidazole rings is 1. The molecular formula is C16H21N3O. The van der Waals surface area contributed by atoms with Crippen LogP contribution < -0.4 is 0 Å². The molecule has 2 aromatic rings. The van der Waals surface area contributed by atoms with E-state index in [2.05, 4.69) is 23.7 Å². The third-order valence-electron chi connectivity index (χ3n) is 4.24. The Hall–Kier alpha value is -1.68. The summed E-state index contributed by atoms with van der Waals surface area (Å²) in [5.41, 5.74) is 2.62. The predicted molar refractivity (Wildman–Crippen MR) is 79.1 cm³/mol. The first-order chi connectivity index (χ1) is 9.67. The molecule has 0 aliphatic carbocycles. The Balaban J connectivity index is 1.77. The molecule has 106 valence electrons. The van der Waals surface area contributed by atoms with Crippen LogP contribution in [0.15, 0.2) is 24.4 Å². The van der Waals surface area contributed by atoms with Gasteiger partial charge in [-0.1, -0.05) is 6.07 Å². The molecule has 1 atom stereocenters. The van der Waals surface area contributed by atoms with Crippen molar-refractivity contribution in [2.24, 2.45) is 5.92 Å². The van der Waals surface area contributed by atoms with Crippen molar-refractivity contribution in [1.29, 1.82) is 0 Å². The topological polar surface area (TPSA) is 37.6 Å². The number of nitrogens with zero attached hydrogens (tertiary/aromatic N) is 3. The minimum absolute atomic E-state index is 0.628. The molecule has 0 amide bonds. The van der Waals surface area contributed by atoms with Crippen LogP contribution in [0.3, 0.4) is 0 Å². The molecular weight excluding hydrogens is 250 g/mol. The van der Waals surface area contributed by atoms with Crippen LogP contribution in [-0.2, 0) is 6.42 Å². The third kappa shape index (κ3) is 2.48. The lowest BCUT2D eigenvalue weighted by Crippen LogP contribution is -2.28. The van der Waals surface area contributed by atoms with Gasteiger partial charge in [-0.2, -0.15) is 0 Å². The number of carbonyl (C=O) groups is 1. The monoisotopic (exact) mass is 271 g/mol. The summed E-state index contributed by atoms with van der Waals surface area (Å²) < 4.78 is 1.89. The Morgan fingerprint density at radius 3 is 3.00 bits per heavy atom. The van der Waals surface area contributed by atoms with E-state index < -0.39 is 0 Å². The van der Waals surface area contributed by atoms with E-state index in [0.717, 1.165) is 30.6 Å². The van der Waals surface area contributed by atoms with Crippen LogP contribution in [0, 0.1) is 5.92 Å². The van der Waals surface area contributed by atoms with Crippen molar-refractivity contribution in [3.8, 4) is 0 Å². The second-order valence-electron chi connectivity index (χ2n) is 5.98. The van der Waals surface area contributed by atoms with E-state index in [9.17, 15) is 4.79 Å². The fraction of sp³-hybridized carbons (Fsp3) is 0.500. The first-order valence-electron chi connectivity index (χ1n) is 7.33. The lowest BCUT2D eigenvalue weighted by atomic mass is 10.0. The second-order valence-corrected chi connectivity index (χ2v) is 5.98. The van der Waals surface area contributed by atoms with Crippen molar-refractivity contribution in [2.45, 2.75) is 32.7 Å². The zero-order valence-corrected chi connectivity index (χ0v) is 12.1. The number of rotatable bonds is 4. The minimum atomic E-state index is 0.628. The molecule has 0 aromatic carbocycles. The maximum Gasteiger partial charge on any atom is 0.166 e. The SMILES string of the molecule is CC(C)N1CCC(Cc2cn3c(C=O)cccc3n2)C1. The summed E-state index contributed by atoms with van der Waals surface area (Å²) in [5.74, 6) is 0.682. The number of likely N-dealkylation sites (tertiary alicyclic amines) is 1. The Kier molecular flexibility index (Phi) is 3.57. The minimum Gasteiger partial charge on any atom is -0.301 e. The first kappa shape index (κ1) is 13.3. The van der Waals surface area contributed by atoms with Gasteiger partial charge < -0.3 is 4.90 Å². The summed E-state index contributed by atoms with van der Waals surface area (Å²) in [6, 6.07) is 6.28. The number of pyridine rings is 1. The standard InChI is InChI=1S/C16H21N3O/c1-12(2)18-7-6-13(9-18)8-14-10-19-15(11-20)4-3-5-16(19)17-14/h3-5,10-13H,6-9H2,1-2H3. The molecule has 1 aliphatic heterocycles. The van der Waals surface area contributed by atoms with Gasteiger partial charge in [0.1, 0.15) is 5.65 Å². The van der Waals surface area contributed by atoms with Crippen LogP contribution in [-0.4, -0.2) is 39.7 Å². The highest BCUT2D eigenvalue weighted by molar-refractivity contribution is 5.73. The average Bonchev–Trinajstić information content (AvgIpc) is 3.04. The summed E-state index contributed by atoms with van der Waals surface area (Å²) in [5, 5.41) is 0. The van der Waals surface area contributed by atoms with Crippen LogP contribution in [0.25, 0.3) is 5.65 Å². The highest BCUT2D eigenvalue weighted by Gasteiger charge is 2.24. The molecule has 3 rings (SSSR count). The molecule has 0 N–H and O–H groups in total. The van der Waals surface area contributed by atoms with E-state index in [1.807, 2.05) is 28.8 Å². The van der Waals surface area contributed by atoms with E-state index >= 15 is 0 Å². The van der Waals surface area contributed by atoms with Crippen molar-refractivity contribution in [2.75, 3.05) is 13.1 Å². The number of aromatic nitrogens is 2. The van der Waals surface area contributed by atoms with E-state index in [0.29, 0.717) is 17.7 Å². The maximum absolute atomic E-state index is 11.0. The number of fused-ring (bicyclic) bond motifs is 1. The number of aldehydes is 1. The summed E-state index contributed by atoms with van der Waals surface area (Å²) in [4.78, 5) is 18.2. The predicted octanol–water partition coefficient (Wildman–Crippen LogP) is 2.42. The van der Waals surface area contributed by atoms with Crippen LogP contribution in [0.1, 0.15) is 36.5 Å². The molecule has 4 heteroatoms. The van der Waals surface area contributed by atoms with Gasteiger partial charge in [-0.3, -0.25) is 9.20 Å². The molecule has 3 heterocycles. The number of hydrogen-bond donors (Lipinski definition) is 0. The third-order valence-corrected chi connectivity index (χ3v) is 4.24. The van der Waals surface area contributed by atoms with Gasteiger partial charge in [-0.15, -0.1) is 0 Å². The molecule has 0 spiro atoms. The Labute approximate surface area is 119 Å². The Bertz CT molecular complexity index is 617. The highest BCUT2D eigenvalue weighted by Crippen LogP contribution is 2.22. The summed E-state index contributed by atoms with van der Waals surface area (Å²) in [6.07, 6.45) is 5.14.